The molecule has 0 spiro atoms. The molecule has 0 bridgehead atoms. The highest BCUT2D eigenvalue weighted by atomic mass is 79.9. The molecule has 1 heterocycles. The molecule has 1 aliphatic rings. The molecule has 2 rings (SSSR count). The standard InChI is InChI=1S/C9H10Br2S/c1-9(4-6(9)5-10)7-2-3-8(11)12-7/h2-3,6H,4-5H2,1H3. The van der Waals surface area contributed by atoms with E-state index in [1.807, 2.05) is 11.3 Å². The molecule has 12 heavy (non-hydrogen) atoms. The molecule has 1 fully saturated rings. The third kappa shape index (κ3) is 1.40. The van der Waals surface area contributed by atoms with E-state index in [9.17, 15) is 0 Å². The summed E-state index contributed by atoms with van der Waals surface area (Å²) >= 11 is 8.92. The van der Waals surface area contributed by atoms with Gasteiger partial charge in [0.25, 0.3) is 0 Å². The van der Waals surface area contributed by atoms with Crippen molar-refractivity contribution in [1.82, 2.24) is 0 Å². The van der Waals surface area contributed by atoms with Gasteiger partial charge in [0.1, 0.15) is 0 Å². The fourth-order valence-corrected chi connectivity index (χ4v) is 4.16. The molecule has 0 aliphatic heterocycles. The Kier molecular flexibility index (Phi) is 2.39. The Morgan fingerprint density at radius 1 is 1.67 bits per heavy atom. The van der Waals surface area contributed by atoms with Crippen LogP contribution in [-0.4, -0.2) is 5.33 Å². The van der Waals surface area contributed by atoms with Crippen LogP contribution in [0.5, 0.6) is 0 Å². The zero-order chi connectivity index (χ0) is 8.77. The molecule has 66 valence electrons. The highest BCUT2D eigenvalue weighted by Crippen LogP contribution is 2.56. The zero-order valence-electron chi connectivity index (χ0n) is 6.81. The second kappa shape index (κ2) is 3.10. The van der Waals surface area contributed by atoms with Gasteiger partial charge in [0.2, 0.25) is 0 Å². The fraction of sp³-hybridized carbons (Fsp3) is 0.556. The highest BCUT2D eigenvalue weighted by molar-refractivity contribution is 9.11. The van der Waals surface area contributed by atoms with E-state index in [-0.39, 0.29) is 0 Å². The van der Waals surface area contributed by atoms with Crippen molar-refractivity contribution in [3.63, 3.8) is 0 Å². The molecular formula is C9H10Br2S. The minimum Gasteiger partial charge on any atom is -0.133 e. The van der Waals surface area contributed by atoms with Gasteiger partial charge in [-0.1, -0.05) is 22.9 Å². The van der Waals surface area contributed by atoms with E-state index in [4.69, 9.17) is 0 Å². The Balaban J connectivity index is 2.22. The summed E-state index contributed by atoms with van der Waals surface area (Å²) in [6.07, 6.45) is 1.34. The Hall–Kier alpha value is 0.660. The van der Waals surface area contributed by atoms with E-state index in [1.165, 1.54) is 15.1 Å². The predicted molar refractivity (Wildman–Crippen MR) is 61.3 cm³/mol. The largest absolute Gasteiger partial charge is 0.133 e. The lowest BCUT2D eigenvalue weighted by atomic mass is 10.1. The van der Waals surface area contributed by atoms with E-state index < -0.39 is 0 Å². The van der Waals surface area contributed by atoms with Crippen molar-refractivity contribution < 1.29 is 0 Å². The number of alkyl halides is 1. The van der Waals surface area contributed by atoms with Gasteiger partial charge in [0.05, 0.1) is 3.79 Å². The lowest BCUT2D eigenvalue weighted by Crippen LogP contribution is -2.01. The van der Waals surface area contributed by atoms with Crippen LogP contribution in [0, 0.1) is 5.92 Å². The van der Waals surface area contributed by atoms with Crippen LogP contribution in [-0.2, 0) is 5.41 Å². The smallest absolute Gasteiger partial charge is 0.0701 e. The lowest BCUT2D eigenvalue weighted by Gasteiger charge is -2.05. The summed E-state index contributed by atoms with van der Waals surface area (Å²) in [5.41, 5.74) is 0.472. The van der Waals surface area contributed by atoms with Gasteiger partial charge in [-0.05, 0) is 40.4 Å². The van der Waals surface area contributed by atoms with Gasteiger partial charge in [-0.25, -0.2) is 0 Å². The maximum Gasteiger partial charge on any atom is 0.0701 e. The van der Waals surface area contributed by atoms with Crippen molar-refractivity contribution in [2.75, 3.05) is 5.33 Å². The van der Waals surface area contributed by atoms with Crippen molar-refractivity contribution >= 4 is 43.2 Å². The van der Waals surface area contributed by atoms with Crippen molar-refractivity contribution in [1.29, 1.82) is 0 Å². The molecule has 1 saturated carbocycles. The summed E-state index contributed by atoms with van der Waals surface area (Å²) in [7, 11) is 0. The summed E-state index contributed by atoms with van der Waals surface area (Å²) in [4.78, 5) is 1.53. The van der Waals surface area contributed by atoms with E-state index in [0.29, 0.717) is 5.41 Å². The van der Waals surface area contributed by atoms with Crippen LogP contribution < -0.4 is 0 Å². The van der Waals surface area contributed by atoms with Crippen LogP contribution >= 0.6 is 43.2 Å². The Morgan fingerprint density at radius 3 is 2.83 bits per heavy atom. The second-order valence-corrected chi connectivity index (χ2v) is 6.69. The molecule has 0 N–H and O–H groups in total. The minimum absolute atomic E-state index is 0.472. The number of rotatable bonds is 2. The van der Waals surface area contributed by atoms with Gasteiger partial charge in [-0.3, -0.25) is 0 Å². The monoisotopic (exact) mass is 308 g/mol. The first-order chi connectivity index (χ1) is 5.66. The average Bonchev–Trinajstić information content (AvgIpc) is 2.50. The maximum atomic E-state index is 3.55. The summed E-state index contributed by atoms with van der Waals surface area (Å²) in [6, 6.07) is 4.40. The molecule has 0 saturated heterocycles. The quantitative estimate of drug-likeness (QED) is 0.719. The van der Waals surface area contributed by atoms with E-state index in [2.05, 4.69) is 50.9 Å². The Labute approximate surface area is 93.6 Å². The summed E-state index contributed by atoms with van der Waals surface area (Å²) in [5, 5.41) is 1.14. The number of thiophene rings is 1. The second-order valence-electron chi connectivity index (χ2n) is 3.58. The Morgan fingerprint density at radius 2 is 2.42 bits per heavy atom. The molecular weight excluding hydrogens is 300 g/mol. The fourth-order valence-electron chi connectivity index (χ4n) is 1.60. The first-order valence-electron chi connectivity index (χ1n) is 3.98. The molecule has 1 aromatic heterocycles. The first kappa shape index (κ1) is 9.22. The summed E-state index contributed by atoms with van der Waals surface area (Å²) in [5.74, 6) is 0.850. The Bertz CT molecular complexity index is 294. The van der Waals surface area contributed by atoms with Crippen LogP contribution in [0.3, 0.4) is 0 Å². The van der Waals surface area contributed by atoms with Crippen LogP contribution in [0.1, 0.15) is 18.2 Å². The molecule has 1 aromatic rings. The molecule has 0 radical (unpaired) electrons. The lowest BCUT2D eigenvalue weighted by molar-refractivity contribution is 0.726. The van der Waals surface area contributed by atoms with Gasteiger partial charge < -0.3 is 0 Å². The van der Waals surface area contributed by atoms with Crippen molar-refractivity contribution in [2.45, 2.75) is 18.8 Å². The minimum atomic E-state index is 0.472. The predicted octanol–water partition coefficient (Wildman–Crippen LogP) is 4.18. The molecule has 0 aromatic carbocycles. The molecule has 1 aliphatic carbocycles. The van der Waals surface area contributed by atoms with Gasteiger partial charge in [0, 0.05) is 15.6 Å². The van der Waals surface area contributed by atoms with E-state index >= 15 is 0 Å². The molecule has 2 atom stereocenters. The summed E-state index contributed by atoms with van der Waals surface area (Å²) in [6.45, 7) is 2.36. The summed E-state index contributed by atoms with van der Waals surface area (Å²) < 4.78 is 1.25. The molecule has 0 amide bonds. The highest BCUT2D eigenvalue weighted by Gasteiger charge is 2.51. The topological polar surface area (TPSA) is 0 Å². The van der Waals surface area contributed by atoms with Gasteiger partial charge in [-0.15, -0.1) is 11.3 Å². The van der Waals surface area contributed by atoms with Crippen molar-refractivity contribution in [2.24, 2.45) is 5.92 Å². The van der Waals surface area contributed by atoms with Crippen molar-refractivity contribution in [3.8, 4) is 0 Å². The van der Waals surface area contributed by atoms with E-state index in [0.717, 1.165) is 11.2 Å². The van der Waals surface area contributed by atoms with Gasteiger partial charge >= 0.3 is 0 Å². The number of halogens is 2. The van der Waals surface area contributed by atoms with Crippen LogP contribution in [0.15, 0.2) is 15.9 Å². The van der Waals surface area contributed by atoms with E-state index in [1.54, 1.807) is 0 Å². The van der Waals surface area contributed by atoms with Crippen LogP contribution in [0.25, 0.3) is 0 Å². The van der Waals surface area contributed by atoms with Gasteiger partial charge in [-0.2, -0.15) is 0 Å². The average molecular weight is 310 g/mol. The van der Waals surface area contributed by atoms with Gasteiger partial charge in [0.15, 0.2) is 0 Å². The SMILES string of the molecule is CC1(c2ccc(Br)s2)CC1CBr. The molecule has 2 unspecified atom stereocenters. The van der Waals surface area contributed by atoms with Crippen LogP contribution in [0.2, 0.25) is 0 Å². The third-order valence-electron chi connectivity index (χ3n) is 2.73. The third-order valence-corrected chi connectivity index (χ3v) is 5.42. The van der Waals surface area contributed by atoms with Crippen LogP contribution in [0.4, 0.5) is 0 Å². The first-order valence-corrected chi connectivity index (χ1v) is 6.71. The number of hydrogen-bond donors (Lipinski definition) is 0. The molecule has 3 heteroatoms. The maximum absolute atomic E-state index is 3.55. The zero-order valence-corrected chi connectivity index (χ0v) is 10.8. The van der Waals surface area contributed by atoms with Crippen molar-refractivity contribution in [3.05, 3.63) is 20.8 Å². The normalized spacial score (nSPS) is 33.8. The molecule has 0 nitrogen and oxygen atoms in total. The number of hydrogen-bond acceptors (Lipinski definition) is 1.